The zero-order valence-electron chi connectivity index (χ0n) is 27.3. The van der Waals surface area contributed by atoms with Gasteiger partial charge in [-0.25, -0.2) is 0 Å². The normalized spacial score (nSPS) is 16.9. The number of hydrogen-bond donors (Lipinski definition) is 0. The van der Waals surface area contributed by atoms with Crippen molar-refractivity contribution < 1.29 is 14.3 Å². The molecule has 0 saturated carbocycles. The number of anilines is 1. The van der Waals surface area contributed by atoms with E-state index in [4.69, 9.17) is 4.74 Å². The third kappa shape index (κ3) is 5.84. The lowest BCUT2D eigenvalue weighted by atomic mass is 9.96. The summed E-state index contributed by atoms with van der Waals surface area (Å²) in [5.74, 6) is 0.538. The van der Waals surface area contributed by atoms with Gasteiger partial charge < -0.3 is 14.2 Å². The molecule has 4 aromatic carbocycles. The van der Waals surface area contributed by atoms with Crippen LogP contribution in [0.15, 0.2) is 97.1 Å². The fourth-order valence-electron chi connectivity index (χ4n) is 7.11. The van der Waals surface area contributed by atoms with Crippen molar-refractivity contribution in [2.75, 3.05) is 65.4 Å². The van der Waals surface area contributed by atoms with E-state index < -0.39 is 0 Å². The van der Waals surface area contributed by atoms with E-state index in [1.807, 2.05) is 65.6 Å². The van der Waals surface area contributed by atoms with Gasteiger partial charge in [-0.05, 0) is 72.4 Å². The predicted octanol–water partition coefficient (Wildman–Crippen LogP) is 6.02. The summed E-state index contributed by atoms with van der Waals surface area (Å²) in [6.45, 7) is 5.93. The Morgan fingerprint density at radius 2 is 1.64 bits per heavy atom. The molecule has 5 aromatic rings. The van der Waals surface area contributed by atoms with Crippen LogP contribution in [0.5, 0.6) is 5.75 Å². The highest BCUT2D eigenvalue weighted by atomic mass is 16.5. The molecule has 7 rings (SSSR count). The van der Waals surface area contributed by atoms with Crippen LogP contribution in [0.2, 0.25) is 0 Å². The van der Waals surface area contributed by atoms with Crippen LogP contribution in [-0.2, 0) is 6.54 Å². The number of nitrogens with zero attached hydrogens (tertiary/aromatic N) is 5. The highest BCUT2D eigenvalue weighted by Gasteiger charge is 2.39. The first-order valence-corrected chi connectivity index (χ1v) is 16.3. The van der Waals surface area contributed by atoms with Gasteiger partial charge in [0.25, 0.3) is 5.91 Å². The summed E-state index contributed by atoms with van der Waals surface area (Å²) < 4.78 is 8.03. The number of benzene rings is 4. The Balaban J connectivity index is 1.31. The van der Waals surface area contributed by atoms with Crippen molar-refractivity contribution in [2.24, 2.45) is 0 Å². The van der Waals surface area contributed by atoms with E-state index in [1.54, 1.807) is 7.11 Å². The maximum absolute atomic E-state index is 15.0. The number of carbonyl (C=O) groups excluding carboxylic acids is 2. The van der Waals surface area contributed by atoms with Gasteiger partial charge in [0.05, 0.1) is 30.7 Å². The number of carbonyl (C=O) groups is 2. The van der Waals surface area contributed by atoms with Gasteiger partial charge in [0.2, 0.25) is 0 Å². The largest absolute Gasteiger partial charge is 0.496 e. The first-order chi connectivity index (χ1) is 23.0. The first-order valence-electron chi connectivity index (χ1n) is 16.3. The Morgan fingerprint density at radius 1 is 0.872 bits per heavy atom. The van der Waals surface area contributed by atoms with E-state index in [1.165, 1.54) is 0 Å². The van der Waals surface area contributed by atoms with Crippen LogP contribution in [0, 0.1) is 0 Å². The molecule has 1 aromatic heterocycles. The minimum absolute atomic E-state index is 0.109. The molecule has 1 fully saturated rings. The van der Waals surface area contributed by atoms with E-state index >= 15 is 0 Å². The lowest BCUT2D eigenvalue weighted by Gasteiger charge is -2.43. The molecule has 8 heteroatoms. The van der Waals surface area contributed by atoms with E-state index in [2.05, 4.69) is 69.8 Å². The second-order valence-electron chi connectivity index (χ2n) is 12.7. The Labute approximate surface area is 276 Å². The molecule has 3 heterocycles. The number of aldehydes is 1. The molecule has 240 valence electrons. The fourth-order valence-corrected chi connectivity index (χ4v) is 7.11. The molecule has 1 amide bonds. The molecule has 0 N–H and O–H groups in total. The van der Waals surface area contributed by atoms with E-state index in [0.717, 1.165) is 84.4 Å². The number of para-hydroxylation sites is 1. The van der Waals surface area contributed by atoms with Crippen LogP contribution >= 0.6 is 0 Å². The minimum Gasteiger partial charge on any atom is -0.496 e. The first kappa shape index (κ1) is 30.9. The highest BCUT2D eigenvalue weighted by Crippen LogP contribution is 2.41. The number of aromatic nitrogens is 1. The van der Waals surface area contributed by atoms with Gasteiger partial charge >= 0.3 is 0 Å². The lowest BCUT2D eigenvalue weighted by Crippen LogP contribution is -2.54. The van der Waals surface area contributed by atoms with Gasteiger partial charge in [0.15, 0.2) is 6.29 Å². The molecule has 2 aliphatic heterocycles. The smallest absolute Gasteiger partial charge is 0.260 e. The molecule has 0 spiro atoms. The van der Waals surface area contributed by atoms with Crippen molar-refractivity contribution >= 4 is 28.7 Å². The monoisotopic (exact) mass is 627 g/mol. The standard InChI is InChI=1S/C39H41N5O3/c1-40(2)19-20-41-21-23-42(24-22-41)38-36-18-16-31(27-45)43(36)26-30-10-5-7-14-35(30)44(38)39(46)29-15-17-34(37(25-29)47-3)33-13-8-11-28-9-4-6-12-32(28)33/h4-18,25,27,38H,19-24,26H2,1-3H3. The van der Waals surface area contributed by atoms with E-state index in [-0.39, 0.29) is 12.1 Å². The SMILES string of the molecule is COc1cc(C(=O)N2c3ccccc3Cn3c(C=O)ccc3C2N2CCN(CCN(C)C)CC2)ccc1-c1cccc2ccccc12. The molecule has 0 bridgehead atoms. The summed E-state index contributed by atoms with van der Waals surface area (Å²) >= 11 is 0. The maximum atomic E-state index is 15.0. The molecular weight excluding hydrogens is 586 g/mol. The predicted molar refractivity (Wildman–Crippen MR) is 187 cm³/mol. The lowest BCUT2D eigenvalue weighted by molar-refractivity contribution is 0.0747. The summed E-state index contributed by atoms with van der Waals surface area (Å²) in [4.78, 5) is 36.2. The van der Waals surface area contributed by atoms with Gasteiger partial charge in [0, 0.05) is 50.4 Å². The quantitative estimate of drug-likeness (QED) is 0.196. The summed E-state index contributed by atoms with van der Waals surface area (Å²) in [7, 11) is 5.86. The van der Waals surface area contributed by atoms with Crippen molar-refractivity contribution in [1.82, 2.24) is 19.3 Å². The molecule has 1 saturated heterocycles. The Bertz CT molecular complexity index is 1920. The molecular formula is C39H41N5O3. The number of methoxy groups -OCH3 is 1. The summed E-state index contributed by atoms with van der Waals surface area (Å²) in [5, 5.41) is 2.28. The Morgan fingerprint density at radius 3 is 2.43 bits per heavy atom. The van der Waals surface area contributed by atoms with Crippen molar-refractivity contribution in [3.8, 4) is 16.9 Å². The topological polar surface area (TPSA) is 61.3 Å². The molecule has 0 radical (unpaired) electrons. The molecule has 1 atom stereocenters. The van der Waals surface area contributed by atoms with Crippen molar-refractivity contribution in [3.63, 3.8) is 0 Å². The van der Waals surface area contributed by atoms with Crippen LogP contribution in [0.25, 0.3) is 21.9 Å². The van der Waals surface area contributed by atoms with E-state index in [0.29, 0.717) is 23.6 Å². The van der Waals surface area contributed by atoms with Crippen LogP contribution in [0.3, 0.4) is 0 Å². The van der Waals surface area contributed by atoms with Crippen LogP contribution < -0.4 is 9.64 Å². The fraction of sp³-hybridized carbons (Fsp3) is 0.282. The van der Waals surface area contributed by atoms with Gasteiger partial charge in [-0.1, -0.05) is 60.7 Å². The zero-order chi connectivity index (χ0) is 32.5. The van der Waals surface area contributed by atoms with Crippen LogP contribution in [-0.4, -0.2) is 91.9 Å². The van der Waals surface area contributed by atoms with Crippen molar-refractivity contribution in [2.45, 2.75) is 12.7 Å². The van der Waals surface area contributed by atoms with Gasteiger partial charge in [0.1, 0.15) is 11.9 Å². The molecule has 47 heavy (non-hydrogen) atoms. The second-order valence-corrected chi connectivity index (χ2v) is 12.7. The third-order valence-corrected chi connectivity index (χ3v) is 9.62. The van der Waals surface area contributed by atoms with Gasteiger partial charge in [-0.15, -0.1) is 0 Å². The maximum Gasteiger partial charge on any atom is 0.260 e. The summed E-state index contributed by atoms with van der Waals surface area (Å²) in [5.41, 5.74) is 5.95. The van der Waals surface area contributed by atoms with Gasteiger partial charge in [-0.3, -0.25) is 24.3 Å². The van der Waals surface area contributed by atoms with E-state index in [9.17, 15) is 9.59 Å². The second kappa shape index (κ2) is 13.2. The third-order valence-electron chi connectivity index (χ3n) is 9.62. The number of rotatable bonds is 8. The highest BCUT2D eigenvalue weighted by molar-refractivity contribution is 6.08. The Kier molecular flexibility index (Phi) is 8.64. The number of amides is 1. The number of ether oxygens (including phenoxy) is 1. The summed E-state index contributed by atoms with van der Waals surface area (Å²) in [6, 6.07) is 32.3. The average Bonchev–Trinajstić information content (AvgIpc) is 3.44. The van der Waals surface area contributed by atoms with Crippen molar-refractivity contribution in [3.05, 3.63) is 120 Å². The van der Waals surface area contributed by atoms with Crippen LogP contribution in [0.1, 0.15) is 38.3 Å². The number of hydrogen-bond acceptors (Lipinski definition) is 6. The molecule has 1 unspecified atom stereocenters. The number of likely N-dealkylation sites (N-methyl/N-ethyl adjacent to an activating group) is 1. The average molecular weight is 628 g/mol. The minimum atomic E-state index is -0.389. The Hall–Kier alpha value is -4.76. The molecule has 8 nitrogen and oxygen atoms in total. The number of fused-ring (bicyclic) bond motifs is 3. The zero-order valence-corrected chi connectivity index (χ0v) is 27.3. The summed E-state index contributed by atoms with van der Waals surface area (Å²) in [6.07, 6.45) is 0.524. The molecule has 0 aliphatic carbocycles. The molecule has 2 aliphatic rings. The van der Waals surface area contributed by atoms with Crippen LogP contribution in [0.4, 0.5) is 5.69 Å². The van der Waals surface area contributed by atoms with Gasteiger partial charge in [-0.2, -0.15) is 0 Å². The number of piperazine rings is 1. The van der Waals surface area contributed by atoms with Crippen molar-refractivity contribution in [1.29, 1.82) is 0 Å².